The van der Waals surface area contributed by atoms with Crippen molar-refractivity contribution in [2.75, 3.05) is 13.1 Å². The molecule has 8 heteroatoms. The van der Waals surface area contributed by atoms with E-state index in [1.165, 1.54) is 18.2 Å². The molecule has 0 fully saturated rings. The summed E-state index contributed by atoms with van der Waals surface area (Å²) < 4.78 is 26.2. The molecule has 0 atom stereocenters. The van der Waals surface area contributed by atoms with Gasteiger partial charge in [0.05, 0.1) is 4.90 Å². The Morgan fingerprint density at radius 2 is 1.82 bits per heavy atom. The number of carbonyl (C=O) groups is 2. The summed E-state index contributed by atoms with van der Waals surface area (Å²) in [5, 5.41) is 2.75. The second-order valence-corrected chi connectivity index (χ2v) is 7.78. The first-order valence-corrected chi connectivity index (χ1v) is 10.2. The van der Waals surface area contributed by atoms with E-state index in [0.717, 1.165) is 5.56 Å². The highest BCUT2D eigenvalue weighted by Crippen LogP contribution is 2.11. The third-order valence-electron chi connectivity index (χ3n) is 3.88. The number of carbonyl (C=O) groups excluding carboxylic acids is 2. The third-order valence-corrected chi connectivity index (χ3v) is 5.44. The Balaban J connectivity index is 1.86. The van der Waals surface area contributed by atoms with Crippen molar-refractivity contribution in [1.29, 1.82) is 0 Å². The molecule has 7 nitrogen and oxygen atoms in total. The van der Waals surface area contributed by atoms with Crippen molar-refractivity contribution in [1.82, 2.24) is 10.0 Å². The van der Waals surface area contributed by atoms with Crippen LogP contribution in [0.3, 0.4) is 0 Å². The summed E-state index contributed by atoms with van der Waals surface area (Å²) >= 11 is 0. The Kier molecular flexibility index (Phi) is 7.48. The zero-order chi connectivity index (χ0) is 20.6. The Labute approximate surface area is 164 Å². The molecule has 2 rings (SSSR count). The second kappa shape index (κ2) is 9.82. The van der Waals surface area contributed by atoms with Crippen LogP contribution in [0.15, 0.2) is 59.5 Å². The number of sulfonamides is 1. The molecule has 0 aliphatic carbocycles. The van der Waals surface area contributed by atoms with Gasteiger partial charge in [-0.3, -0.25) is 9.59 Å². The van der Waals surface area contributed by atoms with E-state index < -0.39 is 15.9 Å². The van der Waals surface area contributed by atoms with Crippen LogP contribution >= 0.6 is 0 Å². The fourth-order valence-corrected chi connectivity index (χ4v) is 3.51. The summed E-state index contributed by atoms with van der Waals surface area (Å²) in [5.41, 5.74) is 7.29. The molecule has 28 heavy (non-hydrogen) atoms. The minimum absolute atomic E-state index is 0.175. The molecule has 0 radical (unpaired) electrons. The van der Waals surface area contributed by atoms with E-state index in [4.69, 9.17) is 5.73 Å². The van der Waals surface area contributed by atoms with Gasteiger partial charge in [0.25, 0.3) is 0 Å². The summed E-state index contributed by atoms with van der Waals surface area (Å²) in [4.78, 5) is 23.3. The molecule has 0 saturated carbocycles. The molecule has 0 aliphatic heterocycles. The fourth-order valence-electron chi connectivity index (χ4n) is 2.47. The van der Waals surface area contributed by atoms with Crippen molar-refractivity contribution < 1.29 is 18.0 Å². The zero-order valence-corrected chi connectivity index (χ0v) is 16.3. The van der Waals surface area contributed by atoms with Crippen molar-refractivity contribution in [2.24, 2.45) is 5.73 Å². The normalized spacial score (nSPS) is 11.5. The van der Waals surface area contributed by atoms with Gasteiger partial charge in [-0.2, -0.15) is 0 Å². The molecule has 2 amide bonds. The monoisotopic (exact) mass is 401 g/mol. The van der Waals surface area contributed by atoms with E-state index in [1.54, 1.807) is 43.3 Å². The summed E-state index contributed by atoms with van der Waals surface area (Å²) in [5.74, 6) is -0.756. The Hall–Kier alpha value is -2.97. The molecular formula is C20H23N3O4S. The average Bonchev–Trinajstić information content (AvgIpc) is 2.67. The van der Waals surface area contributed by atoms with Gasteiger partial charge in [-0.05, 0) is 47.9 Å². The molecule has 2 aromatic rings. The van der Waals surface area contributed by atoms with Gasteiger partial charge >= 0.3 is 0 Å². The molecular weight excluding hydrogens is 378 g/mol. The first kappa shape index (κ1) is 21.3. The molecule has 0 unspecified atom stereocenters. The highest BCUT2D eigenvalue weighted by Gasteiger charge is 2.11. The van der Waals surface area contributed by atoms with Crippen LogP contribution in [0.25, 0.3) is 6.08 Å². The molecule has 0 saturated heterocycles. The number of hydrogen-bond acceptors (Lipinski definition) is 4. The van der Waals surface area contributed by atoms with Crippen LogP contribution < -0.4 is 15.8 Å². The Morgan fingerprint density at radius 3 is 2.46 bits per heavy atom. The van der Waals surface area contributed by atoms with Crippen LogP contribution in [-0.2, 0) is 21.2 Å². The van der Waals surface area contributed by atoms with E-state index in [9.17, 15) is 18.0 Å². The first-order chi connectivity index (χ1) is 13.3. The lowest BCUT2D eigenvalue weighted by molar-refractivity contribution is -0.116. The highest BCUT2D eigenvalue weighted by molar-refractivity contribution is 7.89. The number of nitrogens with one attached hydrogen (secondary N) is 2. The first-order valence-electron chi connectivity index (χ1n) is 8.76. The predicted molar refractivity (Wildman–Crippen MR) is 108 cm³/mol. The van der Waals surface area contributed by atoms with Crippen LogP contribution in [0, 0.1) is 0 Å². The van der Waals surface area contributed by atoms with Gasteiger partial charge in [-0.1, -0.05) is 31.2 Å². The lowest BCUT2D eigenvalue weighted by Gasteiger charge is -2.05. The van der Waals surface area contributed by atoms with Crippen LogP contribution in [0.2, 0.25) is 0 Å². The number of primary amides is 1. The smallest absolute Gasteiger partial charge is 0.248 e. The van der Waals surface area contributed by atoms with Crippen molar-refractivity contribution in [3.63, 3.8) is 0 Å². The minimum Gasteiger partial charge on any atom is -0.366 e. The molecule has 0 aromatic heterocycles. The maximum Gasteiger partial charge on any atom is 0.248 e. The van der Waals surface area contributed by atoms with Gasteiger partial charge in [-0.25, -0.2) is 13.1 Å². The van der Waals surface area contributed by atoms with E-state index in [2.05, 4.69) is 10.0 Å². The topological polar surface area (TPSA) is 118 Å². The Bertz CT molecular complexity index is 967. The standard InChI is InChI=1S/C20H23N3O4S/c1-2-23-28(26,27)18-9-6-15(7-10-18)8-11-19(24)22-13-12-16-4-3-5-17(14-16)20(21)25/h3-11,14,23H,2,12-13H2,1H3,(H2,21,25)(H,22,24)/b11-8+. The van der Waals surface area contributed by atoms with Gasteiger partial charge in [0.1, 0.15) is 0 Å². The minimum atomic E-state index is -3.49. The van der Waals surface area contributed by atoms with Gasteiger partial charge in [0.15, 0.2) is 0 Å². The molecule has 0 heterocycles. The van der Waals surface area contributed by atoms with Crippen LogP contribution in [0.5, 0.6) is 0 Å². The van der Waals surface area contributed by atoms with Crippen LogP contribution in [0.4, 0.5) is 0 Å². The van der Waals surface area contributed by atoms with E-state index in [-0.39, 0.29) is 10.8 Å². The van der Waals surface area contributed by atoms with Gasteiger partial charge in [0.2, 0.25) is 21.8 Å². The van der Waals surface area contributed by atoms with E-state index in [1.807, 2.05) is 6.07 Å². The molecule has 0 bridgehead atoms. The summed E-state index contributed by atoms with van der Waals surface area (Å²) in [6.45, 7) is 2.43. The van der Waals surface area contributed by atoms with Crippen LogP contribution in [0.1, 0.15) is 28.4 Å². The number of rotatable bonds is 9. The largest absolute Gasteiger partial charge is 0.366 e. The van der Waals surface area contributed by atoms with Crippen molar-refractivity contribution in [2.45, 2.75) is 18.2 Å². The summed E-state index contributed by atoms with van der Waals surface area (Å²) in [6.07, 6.45) is 3.55. The number of hydrogen-bond donors (Lipinski definition) is 3. The van der Waals surface area contributed by atoms with Crippen molar-refractivity contribution in [3.05, 3.63) is 71.3 Å². The zero-order valence-electron chi connectivity index (χ0n) is 15.5. The van der Waals surface area contributed by atoms with E-state index in [0.29, 0.717) is 30.6 Å². The van der Waals surface area contributed by atoms with Crippen LogP contribution in [-0.4, -0.2) is 33.3 Å². The maximum absolute atomic E-state index is 11.9. The van der Waals surface area contributed by atoms with Gasteiger partial charge in [0, 0.05) is 24.7 Å². The number of benzene rings is 2. The number of amides is 2. The molecule has 4 N–H and O–H groups in total. The number of nitrogens with two attached hydrogens (primary N) is 1. The Morgan fingerprint density at radius 1 is 1.11 bits per heavy atom. The van der Waals surface area contributed by atoms with Crippen molar-refractivity contribution >= 4 is 27.9 Å². The molecule has 0 aliphatic rings. The lowest BCUT2D eigenvalue weighted by Crippen LogP contribution is -2.23. The lowest BCUT2D eigenvalue weighted by atomic mass is 10.1. The van der Waals surface area contributed by atoms with Crippen molar-refractivity contribution in [3.8, 4) is 0 Å². The summed E-state index contributed by atoms with van der Waals surface area (Å²) in [6, 6.07) is 13.2. The average molecular weight is 401 g/mol. The molecule has 148 valence electrons. The maximum atomic E-state index is 11.9. The van der Waals surface area contributed by atoms with E-state index >= 15 is 0 Å². The summed E-state index contributed by atoms with van der Waals surface area (Å²) in [7, 11) is -3.49. The molecule has 2 aromatic carbocycles. The third kappa shape index (κ3) is 6.33. The second-order valence-electron chi connectivity index (χ2n) is 6.01. The SMILES string of the molecule is CCNS(=O)(=O)c1ccc(/C=C/C(=O)NCCc2cccc(C(N)=O)c2)cc1. The predicted octanol–water partition coefficient (Wildman–Crippen LogP) is 1.46. The van der Waals surface area contributed by atoms with Gasteiger partial charge in [-0.15, -0.1) is 0 Å². The quantitative estimate of drug-likeness (QED) is 0.551. The van der Waals surface area contributed by atoms with Gasteiger partial charge < -0.3 is 11.1 Å². The highest BCUT2D eigenvalue weighted by atomic mass is 32.2. The molecule has 0 spiro atoms. The fraction of sp³-hybridized carbons (Fsp3) is 0.200.